The van der Waals surface area contributed by atoms with E-state index in [4.69, 9.17) is 21.8 Å². The zero-order valence-electron chi connectivity index (χ0n) is 22.8. The van der Waals surface area contributed by atoms with Crippen LogP contribution < -0.4 is 5.32 Å². The van der Waals surface area contributed by atoms with Crippen LogP contribution in [-0.4, -0.2) is 56.5 Å². The largest absolute Gasteiger partial charge is 0.331 e. The molecule has 4 aromatic rings. The van der Waals surface area contributed by atoms with Crippen LogP contribution in [0, 0.1) is 11.3 Å². The zero-order chi connectivity index (χ0) is 28.3. The molecule has 2 aromatic heterocycles. The van der Waals surface area contributed by atoms with Crippen molar-refractivity contribution in [2.75, 3.05) is 31.5 Å². The zero-order valence-corrected chi connectivity index (χ0v) is 23.6. The Morgan fingerprint density at radius 1 is 1.07 bits per heavy atom. The maximum Gasteiger partial charge on any atom is 0.321 e. The van der Waals surface area contributed by atoms with Gasteiger partial charge < -0.3 is 14.8 Å². The quantitative estimate of drug-likeness (QED) is 0.328. The molecule has 6 rings (SSSR count). The van der Waals surface area contributed by atoms with Crippen molar-refractivity contribution in [2.24, 2.45) is 0 Å². The van der Waals surface area contributed by atoms with Gasteiger partial charge in [-0.05, 0) is 70.8 Å². The maximum atomic E-state index is 13.0. The number of aryl methyl sites for hydroxylation is 1. The Hall–Kier alpha value is -4.45. The van der Waals surface area contributed by atoms with E-state index in [-0.39, 0.29) is 12.1 Å². The summed E-state index contributed by atoms with van der Waals surface area (Å²) in [7, 11) is 0. The number of anilines is 1. The number of hydrogen-bond donors (Lipinski definition) is 1. The first-order valence-electron chi connectivity index (χ1n) is 13.8. The van der Waals surface area contributed by atoms with Crippen molar-refractivity contribution in [3.63, 3.8) is 0 Å². The highest BCUT2D eigenvalue weighted by Gasteiger charge is 2.33. The fourth-order valence-electron chi connectivity index (χ4n) is 5.73. The summed E-state index contributed by atoms with van der Waals surface area (Å²) in [5, 5.41) is 12.7. The van der Waals surface area contributed by atoms with Gasteiger partial charge in [0, 0.05) is 68.4 Å². The van der Waals surface area contributed by atoms with E-state index in [1.807, 2.05) is 35.6 Å². The predicted octanol–water partition coefficient (Wildman–Crippen LogP) is 5.86. The second-order valence-electron chi connectivity index (χ2n) is 10.2. The number of piperazine rings is 1. The molecule has 0 bridgehead atoms. The molecular formula is C32H30ClN7O. The minimum Gasteiger partial charge on any atom is -0.331 e. The molecule has 2 aromatic carbocycles. The number of urea groups is 1. The number of imidazole rings is 1. The minimum atomic E-state index is -0.142. The summed E-state index contributed by atoms with van der Waals surface area (Å²) in [6.45, 7) is 5.35. The van der Waals surface area contributed by atoms with Crippen LogP contribution in [0.5, 0.6) is 0 Å². The molecule has 2 aliphatic rings. The highest BCUT2D eigenvalue weighted by molar-refractivity contribution is 6.30. The summed E-state index contributed by atoms with van der Waals surface area (Å²) in [6.07, 6.45) is 8.82. The molecule has 1 N–H and O–H groups in total. The van der Waals surface area contributed by atoms with Gasteiger partial charge in [-0.15, -0.1) is 0 Å². The number of halogens is 1. The van der Waals surface area contributed by atoms with Gasteiger partial charge in [0.15, 0.2) is 0 Å². The van der Waals surface area contributed by atoms with Gasteiger partial charge in [0.25, 0.3) is 0 Å². The van der Waals surface area contributed by atoms with Gasteiger partial charge in [-0.3, -0.25) is 9.88 Å². The van der Waals surface area contributed by atoms with E-state index in [1.54, 1.807) is 24.3 Å². The number of carbonyl (C=O) groups is 1. The first kappa shape index (κ1) is 26.8. The van der Waals surface area contributed by atoms with Crippen molar-refractivity contribution in [1.82, 2.24) is 24.3 Å². The Bertz CT molecular complexity index is 1650. The lowest BCUT2D eigenvalue weighted by Crippen LogP contribution is -2.51. The molecule has 3 heterocycles. The fourth-order valence-corrected chi connectivity index (χ4v) is 5.91. The van der Waals surface area contributed by atoms with Crippen LogP contribution in [0.3, 0.4) is 0 Å². The van der Waals surface area contributed by atoms with Gasteiger partial charge in [-0.2, -0.15) is 5.26 Å². The molecule has 1 aliphatic heterocycles. The van der Waals surface area contributed by atoms with Crippen molar-refractivity contribution >= 4 is 35.0 Å². The van der Waals surface area contributed by atoms with E-state index in [0.29, 0.717) is 49.0 Å². The van der Waals surface area contributed by atoms with Gasteiger partial charge in [-0.25, -0.2) is 9.78 Å². The van der Waals surface area contributed by atoms with Crippen molar-refractivity contribution in [3.8, 4) is 6.07 Å². The number of nitriles is 1. The number of carbonyl (C=O) groups excluding carboxylic acids is 1. The molecule has 0 radical (unpaired) electrons. The number of pyridine rings is 1. The molecule has 1 fully saturated rings. The molecule has 2 amide bonds. The van der Waals surface area contributed by atoms with E-state index in [9.17, 15) is 4.79 Å². The van der Waals surface area contributed by atoms with Gasteiger partial charge in [0.2, 0.25) is 0 Å². The minimum absolute atomic E-state index is 0.0793. The number of nitrogens with one attached hydrogen (secondary N) is 1. The summed E-state index contributed by atoms with van der Waals surface area (Å²) in [6, 6.07) is 19.0. The molecule has 0 spiro atoms. The van der Waals surface area contributed by atoms with E-state index in [0.717, 1.165) is 40.2 Å². The van der Waals surface area contributed by atoms with Gasteiger partial charge in [0.1, 0.15) is 5.82 Å². The number of amides is 2. The molecule has 1 aliphatic carbocycles. The van der Waals surface area contributed by atoms with Crippen molar-refractivity contribution in [3.05, 3.63) is 112 Å². The Morgan fingerprint density at radius 3 is 2.63 bits per heavy atom. The number of nitrogens with zero attached hydrogens (tertiary/aromatic N) is 6. The number of benzene rings is 2. The summed E-state index contributed by atoms with van der Waals surface area (Å²) >= 11 is 6.58. The fraction of sp³-hybridized carbons (Fsp3) is 0.250. The number of rotatable bonds is 5. The van der Waals surface area contributed by atoms with Crippen LogP contribution in [-0.2, 0) is 13.0 Å². The first-order chi connectivity index (χ1) is 20.0. The third kappa shape index (κ3) is 5.47. The Morgan fingerprint density at radius 2 is 1.88 bits per heavy atom. The lowest BCUT2D eigenvalue weighted by molar-refractivity contribution is 0.125. The van der Waals surface area contributed by atoms with Crippen LogP contribution in [0.1, 0.15) is 46.7 Å². The monoisotopic (exact) mass is 563 g/mol. The number of allylic oxidation sites excluding steroid dienone is 1. The lowest BCUT2D eigenvalue weighted by atomic mass is 9.93. The van der Waals surface area contributed by atoms with Crippen LogP contribution in [0.2, 0.25) is 5.02 Å². The highest BCUT2D eigenvalue weighted by atomic mass is 35.5. The number of fused-ring (bicyclic) bond motifs is 2. The van der Waals surface area contributed by atoms with Crippen molar-refractivity contribution in [2.45, 2.75) is 25.9 Å². The second-order valence-corrected chi connectivity index (χ2v) is 10.7. The molecule has 9 heteroatoms. The van der Waals surface area contributed by atoms with Gasteiger partial charge in [-0.1, -0.05) is 30.7 Å². The second kappa shape index (κ2) is 11.6. The highest BCUT2D eigenvalue weighted by Crippen LogP contribution is 2.41. The van der Waals surface area contributed by atoms with Crippen LogP contribution in [0.4, 0.5) is 10.5 Å². The Kier molecular flexibility index (Phi) is 7.55. The molecule has 1 saturated heterocycles. The predicted molar refractivity (Wildman–Crippen MR) is 160 cm³/mol. The third-order valence-corrected chi connectivity index (χ3v) is 8.04. The number of aromatic nitrogens is 3. The van der Waals surface area contributed by atoms with E-state index < -0.39 is 0 Å². The summed E-state index contributed by atoms with van der Waals surface area (Å²) in [5.41, 5.74) is 6.74. The average molecular weight is 564 g/mol. The lowest BCUT2D eigenvalue weighted by Gasteiger charge is -2.39. The van der Waals surface area contributed by atoms with Crippen LogP contribution >= 0.6 is 11.6 Å². The number of hydrogen-bond acceptors (Lipinski definition) is 5. The Labute approximate surface area is 244 Å². The molecular weight excluding hydrogens is 534 g/mol. The molecule has 8 nitrogen and oxygen atoms in total. The summed E-state index contributed by atoms with van der Waals surface area (Å²) in [4.78, 5) is 26.7. The first-order valence-corrected chi connectivity index (χ1v) is 14.2. The molecule has 0 saturated carbocycles. The molecule has 1 atom stereocenters. The average Bonchev–Trinajstić information content (AvgIpc) is 3.41. The van der Waals surface area contributed by atoms with Crippen molar-refractivity contribution in [1.29, 1.82) is 5.26 Å². The third-order valence-electron chi connectivity index (χ3n) is 7.81. The van der Waals surface area contributed by atoms with E-state index >= 15 is 0 Å². The van der Waals surface area contributed by atoms with Crippen LogP contribution in [0.15, 0.2) is 73.2 Å². The molecule has 206 valence electrons. The van der Waals surface area contributed by atoms with E-state index in [2.05, 4.69) is 57.0 Å². The van der Waals surface area contributed by atoms with E-state index in [1.165, 1.54) is 0 Å². The van der Waals surface area contributed by atoms with Crippen molar-refractivity contribution < 1.29 is 4.79 Å². The van der Waals surface area contributed by atoms with Crippen LogP contribution in [0.25, 0.3) is 11.6 Å². The topological polar surface area (TPSA) is 90.1 Å². The molecule has 1 unspecified atom stereocenters. The summed E-state index contributed by atoms with van der Waals surface area (Å²) in [5.74, 6) is 1.04. The standard InChI is InChI=1S/C32H30ClN7O/c1-2-29-35-12-13-40(29)21-24-18-23-4-3-11-36-30(23)31(27-10-7-25(33)19-28(24)27)38-14-16-39(17-15-38)32(41)37-26-8-5-22(20-34)6-9-26/h3-13,18-19,31H,2,14-17,21H2,1H3,(H,37,41). The SMILES string of the molecule is CCc1nccn1CC1=Cc2cccnc2C(N2CCN(C(=O)Nc3ccc(C#N)cc3)CC2)c2ccc(Cl)cc21. The van der Waals surface area contributed by atoms with Gasteiger partial charge >= 0.3 is 6.03 Å². The van der Waals surface area contributed by atoms with Gasteiger partial charge in [0.05, 0.1) is 23.4 Å². The normalized spacial score (nSPS) is 16.7. The Balaban J connectivity index is 1.27. The maximum absolute atomic E-state index is 13.0. The summed E-state index contributed by atoms with van der Waals surface area (Å²) < 4.78 is 2.19. The smallest absolute Gasteiger partial charge is 0.321 e. The molecule has 41 heavy (non-hydrogen) atoms.